The van der Waals surface area contributed by atoms with Gasteiger partial charge in [-0.05, 0) is 54.8 Å². The van der Waals surface area contributed by atoms with Gasteiger partial charge in [0.05, 0.1) is 13.3 Å². The highest BCUT2D eigenvalue weighted by molar-refractivity contribution is 5.78. The number of oxazole rings is 1. The van der Waals surface area contributed by atoms with E-state index in [4.69, 9.17) is 13.9 Å². The van der Waals surface area contributed by atoms with Crippen LogP contribution in [0.4, 0.5) is 4.39 Å². The minimum Gasteiger partial charge on any atom is -0.497 e. The lowest BCUT2D eigenvalue weighted by molar-refractivity contribution is -0.134. The first kappa shape index (κ1) is 19.9. The number of halogens is 1. The number of carbonyl (C=O) groups is 1. The summed E-state index contributed by atoms with van der Waals surface area (Å²) in [4.78, 5) is 18.9. The van der Waals surface area contributed by atoms with E-state index in [1.54, 1.807) is 54.6 Å². The highest BCUT2D eigenvalue weighted by atomic mass is 19.1. The standard InChI is InChI=1S/C23H23FN2O4/c1-28-18-8-10-19(11-9-18)29-15-22(27)26-12-2-3-21(26)23-25-14-20(30-23)13-16-4-6-17(24)7-5-16/h4-11,14,21H,2-3,12-13,15H2,1H3. The molecule has 156 valence electrons. The molecule has 7 heteroatoms. The number of nitrogens with zero attached hydrogens (tertiary/aromatic N) is 2. The Morgan fingerprint density at radius 3 is 2.63 bits per heavy atom. The Morgan fingerprint density at radius 2 is 1.90 bits per heavy atom. The fourth-order valence-corrected chi connectivity index (χ4v) is 3.58. The maximum Gasteiger partial charge on any atom is 0.261 e. The molecule has 1 atom stereocenters. The average Bonchev–Trinajstić information content (AvgIpc) is 3.43. The lowest BCUT2D eigenvalue weighted by atomic mass is 10.1. The minimum absolute atomic E-state index is 0.0496. The molecule has 0 spiro atoms. The quantitative estimate of drug-likeness (QED) is 0.585. The molecule has 1 saturated heterocycles. The SMILES string of the molecule is COc1ccc(OCC(=O)N2CCCC2c2ncc(Cc3ccc(F)cc3)o2)cc1. The van der Waals surface area contributed by atoms with E-state index in [2.05, 4.69) is 4.98 Å². The van der Waals surface area contributed by atoms with Crippen molar-refractivity contribution in [3.8, 4) is 11.5 Å². The summed E-state index contributed by atoms with van der Waals surface area (Å²) in [5.74, 6) is 2.18. The van der Waals surface area contributed by atoms with E-state index in [0.29, 0.717) is 30.4 Å². The smallest absolute Gasteiger partial charge is 0.261 e. The summed E-state index contributed by atoms with van der Waals surface area (Å²) >= 11 is 0. The van der Waals surface area contributed by atoms with Gasteiger partial charge in [0.25, 0.3) is 5.91 Å². The zero-order chi connectivity index (χ0) is 20.9. The van der Waals surface area contributed by atoms with Gasteiger partial charge in [-0.3, -0.25) is 4.79 Å². The first-order valence-electron chi connectivity index (χ1n) is 9.88. The van der Waals surface area contributed by atoms with E-state index >= 15 is 0 Å². The molecule has 1 fully saturated rings. The summed E-state index contributed by atoms with van der Waals surface area (Å²) in [7, 11) is 1.60. The largest absolute Gasteiger partial charge is 0.497 e. The number of hydrogen-bond donors (Lipinski definition) is 0. The Morgan fingerprint density at radius 1 is 1.17 bits per heavy atom. The Kier molecular flexibility index (Phi) is 5.97. The fourth-order valence-electron chi connectivity index (χ4n) is 3.58. The van der Waals surface area contributed by atoms with Crippen molar-refractivity contribution in [1.82, 2.24) is 9.88 Å². The van der Waals surface area contributed by atoms with Crippen molar-refractivity contribution in [2.24, 2.45) is 0 Å². The van der Waals surface area contributed by atoms with Gasteiger partial charge in [0.15, 0.2) is 6.61 Å². The normalized spacial score (nSPS) is 15.9. The van der Waals surface area contributed by atoms with Crippen molar-refractivity contribution >= 4 is 5.91 Å². The molecule has 6 nitrogen and oxygen atoms in total. The topological polar surface area (TPSA) is 64.8 Å². The molecule has 1 amide bonds. The maximum atomic E-state index is 13.1. The van der Waals surface area contributed by atoms with Crippen LogP contribution in [0, 0.1) is 5.82 Å². The van der Waals surface area contributed by atoms with Crippen LogP contribution >= 0.6 is 0 Å². The molecule has 0 N–H and O–H groups in total. The second-order valence-corrected chi connectivity index (χ2v) is 7.18. The zero-order valence-corrected chi connectivity index (χ0v) is 16.7. The van der Waals surface area contributed by atoms with E-state index in [1.807, 2.05) is 0 Å². The molecule has 1 unspecified atom stereocenters. The maximum absolute atomic E-state index is 13.1. The highest BCUT2D eigenvalue weighted by Gasteiger charge is 2.33. The van der Waals surface area contributed by atoms with E-state index in [1.165, 1.54) is 12.1 Å². The van der Waals surface area contributed by atoms with Crippen LogP contribution in [0.3, 0.4) is 0 Å². The molecule has 4 rings (SSSR count). The summed E-state index contributed by atoms with van der Waals surface area (Å²) in [6, 6.07) is 13.2. The van der Waals surface area contributed by atoms with Gasteiger partial charge >= 0.3 is 0 Å². The lowest BCUT2D eigenvalue weighted by Gasteiger charge is -2.22. The van der Waals surface area contributed by atoms with Crippen LogP contribution in [-0.2, 0) is 11.2 Å². The van der Waals surface area contributed by atoms with Crippen molar-refractivity contribution in [1.29, 1.82) is 0 Å². The predicted octanol–water partition coefficient (Wildman–Crippen LogP) is 4.16. The van der Waals surface area contributed by atoms with Gasteiger partial charge in [0, 0.05) is 13.0 Å². The number of amides is 1. The van der Waals surface area contributed by atoms with Crippen LogP contribution in [0.2, 0.25) is 0 Å². The Hall–Kier alpha value is -3.35. The third-order valence-corrected chi connectivity index (χ3v) is 5.14. The first-order chi connectivity index (χ1) is 14.6. The van der Waals surface area contributed by atoms with Gasteiger partial charge in [-0.15, -0.1) is 0 Å². The van der Waals surface area contributed by atoms with Crippen LogP contribution in [0.5, 0.6) is 11.5 Å². The van der Waals surface area contributed by atoms with Gasteiger partial charge in [-0.2, -0.15) is 0 Å². The summed E-state index contributed by atoms with van der Waals surface area (Å²) in [5.41, 5.74) is 0.936. The molecule has 30 heavy (non-hydrogen) atoms. The van der Waals surface area contributed by atoms with Crippen LogP contribution in [0.15, 0.2) is 59.1 Å². The molecule has 3 aromatic rings. The number of benzene rings is 2. The molecule has 2 aromatic carbocycles. The highest BCUT2D eigenvalue weighted by Crippen LogP contribution is 2.32. The van der Waals surface area contributed by atoms with Gasteiger partial charge in [-0.25, -0.2) is 9.37 Å². The van der Waals surface area contributed by atoms with Gasteiger partial charge < -0.3 is 18.8 Å². The number of carbonyl (C=O) groups excluding carboxylic acids is 1. The van der Waals surface area contributed by atoms with Crippen LogP contribution < -0.4 is 9.47 Å². The Labute approximate surface area is 174 Å². The minimum atomic E-state index is -0.269. The van der Waals surface area contributed by atoms with Crippen LogP contribution in [-0.4, -0.2) is 36.1 Å². The number of aromatic nitrogens is 1. The zero-order valence-electron chi connectivity index (χ0n) is 16.7. The van der Waals surface area contributed by atoms with E-state index in [0.717, 1.165) is 24.2 Å². The molecular weight excluding hydrogens is 387 g/mol. The van der Waals surface area contributed by atoms with Crippen molar-refractivity contribution in [2.45, 2.75) is 25.3 Å². The van der Waals surface area contributed by atoms with E-state index < -0.39 is 0 Å². The Bertz CT molecular complexity index is 985. The second-order valence-electron chi connectivity index (χ2n) is 7.18. The predicted molar refractivity (Wildman–Crippen MR) is 108 cm³/mol. The van der Waals surface area contributed by atoms with E-state index in [-0.39, 0.29) is 24.4 Å². The van der Waals surface area contributed by atoms with Gasteiger partial charge in [0.2, 0.25) is 5.89 Å². The molecule has 1 aliphatic heterocycles. The molecular formula is C23H23FN2O4. The van der Waals surface area contributed by atoms with Crippen molar-refractivity contribution < 1.29 is 23.1 Å². The number of hydrogen-bond acceptors (Lipinski definition) is 5. The average molecular weight is 410 g/mol. The molecule has 0 aliphatic carbocycles. The van der Waals surface area contributed by atoms with Gasteiger partial charge in [0.1, 0.15) is 29.1 Å². The lowest BCUT2D eigenvalue weighted by Crippen LogP contribution is -2.34. The Balaban J connectivity index is 1.37. The van der Waals surface area contributed by atoms with Crippen LogP contribution in [0.25, 0.3) is 0 Å². The summed E-state index contributed by atoms with van der Waals surface area (Å²) in [5, 5.41) is 0. The number of rotatable bonds is 7. The van der Waals surface area contributed by atoms with Crippen LogP contribution in [0.1, 0.15) is 36.1 Å². The first-order valence-corrected chi connectivity index (χ1v) is 9.88. The third kappa shape index (κ3) is 4.62. The molecule has 0 bridgehead atoms. The number of likely N-dealkylation sites (tertiary alicyclic amines) is 1. The molecule has 1 aromatic heterocycles. The van der Waals surface area contributed by atoms with E-state index in [9.17, 15) is 9.18 Å². The van der Waals surface area contributed by atoms with Crippen molar-refractivity contribution in [3.63, 3.8) is 0 Å². The number of ether oxygens (including phenoxy) is 2. The summed E-state index contributed by atoms with van der Waals surface area (Å²) < 4.78 is 29.7. The second kappa shape index (κ2) is 8.98. The molecule has 2 heterocycles. The monoisotopic (exact) mass is 410 g/mol. The molecule has 0 radical (unpaired) electrons. The fraction of sp³-hybridized carbons (Fsp3) is 0.304. The van der Waals surface area contributed by atoms with Crippen molar-refractivity contribution in [2.75, 3.05) is 20.3 Å². The summed E-state index contributed by atoms with van der Waals surface area (Å²) in [6.07, 6.45) is 3.88. The molecule has 1 aliphatic rings. The number of methoxy groups -OCH3 is 1. The van der Waals surface area contributed by atoms with Gasteiger partial charge in [-0.1, -0.05) is 12.1 Å². The molecule has 0 saturated carbocycles. The van der Waals surface area contributed by atoms with Crippen molar-refractivity contribution in [3.05, 3.63) is 77.8 Å². The summed E-state index contributed by atoms with van der Waals surface area (Å²) in [6.45, 7) is 0.594. The third-order valence-electron chi connectivity index (χ3n) is 5.14.